The van der Waals surface area contributed by atoms with Gasteiger partial charge in [0.1, 0.15) is 6.10 Å². The van der Waals surface area contributed by atoms with Crippen molar-refractivity contribution in [3.05, 3.63) is 24.1 Å². The maximum Gasteiger partial charge on any atom is 0.216 e. The molecule has 1 saturated heterocycles. The van der Waals surface area contributed by atoms with Gasteiger partial charge in [0.25, 0.3) is 0 Å². The van der Waals surface area contributed by atoms with Crippen molar-refractivity contribution in [1.82, 2.24) is 9.88 Å². The van der Waals surface area contributed by atoms with Crippen LogP contribution in [-0.4, -0.2) is 46.3 Å². The molecular formula is C15H21FN2O2. The molecule has 5 heteroatoms. The Hall–Kier alpha value is -1.20. The number of hydrogen-bond donors (Lipinski definition) is 1. The molecule has 1 aromatic heterocycles. The second-order valence-corrected chi connectivity index (χ2v) is 5.97. The Morgan fingerprint density at radius 1 is 1.35 bits per heavy atom. The summed E-state index contributed by atoms with van der Waals surface area (Å²) in [4.78, 5) is 6.03. The summed E-state index contributed by atoms with van der Waals surface area (Å²) >= 11 is 0. The molecule has 2 fully saturated rings. The summed E-state index contributed by atoms with van der Waals surface area (Å²) in [5.74, 6) is -0.145. The van der Waals surface area contributed by atoms with Gasteiger partial charge in [0, 0.05) is 25.7 Å². The zero-order valence-electron chi connectivity index (χ0n) is 11.6. The standard InChI is InChI=1S/C15H21FN2O2/c16-13-3-1-4-14(17-13)20-12-5-9-18(10-6-12)11-15(19)7-2-8-15/h1,3-4,12,19H,2,5-11H2. The normalized spacial score (nSPS) is 23.3. The van der Waals surface area contributed by atoms with Gasteiger partial charge in [-0.05, 0) is 38.2 Å². The quantitative estimate of drug-likeness (QED) is 0.857. The fraction of sp³-hybridized carbons (Fsp3) is 0.667. The van der Waals surface area contributed by atoms with Gasteiger partial charge in [-0.25, -0.2) is 0 Å². The van der Waals surface area contributed by atoms with Crippen molar-refractivity contribution in [3.63, 3.8) is 0 Å². The second-order valence-electron chi connectivity index (χ2n) is 5.97. The third-order valence-corrected chi connectivity index (χ3v) is 4.31. The highest BCUT2D eigenvalue weighted by molar-refractivity contribution is 5.10. The monoisotopic (exact) mass is 280 g/mol. The average molecular weight is 280 g/mol. The molecule has 2 aliphatic rings. The zero-order chi connectivity index (χ0) is 14.0. The Kier molecular flexibility index (Phi) is 3.89. The van der Waals surface area contributed by atoms with Crippen molar-refractivity contribution < 1.29 is 14.2 Å². The number of ether oxygens (including phenoxy) is 1. The molecule has 4 nitrogen and oxygen atoms in total. The summed E-state index contributed by atoms with van der Waals surface area (Å²) in [5, 5.41) is 10.2. The number of aliphatic hydroxyl groups is 1. The third-order valence-electron chi connectivity index (χ3n) is 4.31. The molecule has 2 heterocycles. The van der Waals surface area contributed by atoms with Crippen molar-refractivity contribution in [2.45, 2.75) is 43.8 Å². The van der Waals surface area contributed by atoms with E-state index in [1.54, 1.807) is 12.1 Å². The van der Waals surface area contributed by atoms with E-state index < -0.39 is 11.5 Å². The average Bonchev–Trinajstić information content (AvgIpc) is 2.39. The van der Waals surface area contributed by atoms with E-state index >= 15 is 0 Å². The third kappa shape index (κ3) is 3.27. The van der Waals surface area contributed by atoms with Crippen LogP contribution in [0.3, 0.4) is 0 Å². The van der Waals surface area contributed by atoms with Crippen molar-refractivity contribution in [2.24, 2.45) is 0 Å². The van der Waals surface area contributed by atoms with E-state index in [1.807, 2.05) is 0 Å². The van der Waals surface area contributed by atoms with E-state index in [9.17, 15) is 9.50 Å². The van der Waals surface area contributed by atoms with E-state index in [2.05, 4.69) is 9.88 Å². The minimum Gasteiger partial charge on any atom is -0.474 e. The van der Waals surface area contributed by atoms with Gasteiger partial charge < -0.3 is 14.7 Å². The lowest BCUT2D eigenvalue weighted by atomic mass is 9.79. The van der Waals surface area contributed by atoms with Crippen LogP contribution in [0.15, 0.2) is 18.2 Å². The highest BCUT2D eigenvalue weighted by Crippen LogP contribution is 2.33. The Morgan fingerprint density at radius 2 is 2.10 bits per heavy atom. The molecule has 0 amide bonds. The van der Waals surface area contributed by atoms with Crippen LogP contribution < -0.4 is 4.74 Å². The van der Waals surface area contributed by atoms with Crippen LogP contribution >= 0.6 is 0 Å². The van der Waals surface area contributed by atoms with Crippen molar-refractivity contribution in [1.29, 1.82) is 0 Å². The molecule has 1 N–H and O–H groups in total. The van der Waals surface area contributed by atoms with Gasteiger partial charge in [-0.1, -0.05) is 6.07 Å². The van der Waals surface area contributed by atoms with Crippen LogP contribution in [0, 0.1) is 5.95 Å². The first-order valence-corrected chi connectivity index (χ1v) is 7.37. The summed E-state index contributed by atoms with van der Waals surface area (Å²) in [5.41, 5.74) is -0.447. The molecule has 0 aromatic carbocycles. The topological polar surface area (TPSA) is 45.6 Å². The molecule has 20 heavy (non-hydrogen) atoms. The molecular weight excluding hydrogens is 259 g/mol. The number of halogens is 1. The fourth-order valence-corrected chi connectivity index (χ4v) is 2.97. The van der Waals surface area contributed by atoms with E-state index in [1.165, 1.54) is 6.07 Å². The molecule has 110 valence electrons. The first kappa shape index (κ1) is 13.8. The number of likely N-dealkylation sites (tertiary alicyclic amines) is 1. The van der Waals surface area contributed by atoms with E-state index in [4.69, 9.17) is 4.74 Å². The van der Waals surface area contributed by atoms with Crippen LogP contribution in [0.1, 0.15) is 32.1 Å². The highest BCUT2D eigenvalue weighted by Gasteiger charge is 2.37. The molecule has 3 rings (SSSR count). The van der Waals surface area contributed by atoms with E-state index in [0.29, 0.717) is 5.88 Å². The van der Waals surface area contributed by atoms with E-state index in [-0.39, 0.29) is 6.10 Å². The molecule has 0 unspecified atom stereocenters. The lowest BCUT2D eigenvalue weighted by molar-refractivity contribution is -0.0663. The van der Waals surface area contributed by atoms with Gasteiger partial charge in [-0.2, -0.15) is 9.37 Å². The van der Waals surface area contributed by atoms with Gasteiger partial charge in [0.05, 0.1) is 5.60 Å². The molecule has 0 spiro atoms. The smallest absolute Gasteiger partial charge is 0.216 e. The highest BCUT2D eigenvalue weighted by atomic mass is 19.1. The Bertz CT molecular complexity index is 457. The summed E-state index contributed by atoms with van der Waals surface area (Å²) in [6.45, 7) is 2.61. The van der Waals surface area contributed by atoms with Gasteiger partial charge in [0.2, 0.25) is 11.8 Å². The minimum absolute atomic E-state index is 0.0941. The lowest BCUT2D eigenvalue weighted by Gasteiger charge is -2.42. The number of rotatable bonds is 4. The number of nitrogens with zero attached hydrogens (tertiary/aromatic N) is 2. The first-order chi connectivity index (χ1) is 9.63. The van der Waals surface area contributed by atoms with Gasteiger partial charge in [-0.3, -0.25) is 0 Å². The fourth-order valence-electron chi connectivity index (χ4n) is 2.97. The van der Waals surface area contributed by atoms with Crippen molar-refractivity contribution in [2.75, 3.05) is 19.6 Å². The zero-order valence-corrected chi connectivity index (χ0v) is 11.6. The number of hydrogen-bond acceptors (Lipinski definition) is 4. The lowest BCUT2D eigenvalue weighted by Crippen LogP contribution is -2.50. The largest absolute Gasteiger partial charge is 0.474 e. The molecule has 1 aliphatic heterocycles. The Balaban J connectivity index is 1.46. The first-order valence-electron chi connectivity index (χ1n) is 7.37. The SMILES string of the molecule is OC1(CN2CCC(Oc3cccc(F)n3)CC2)CCC1. The van der Waals surface area contributed by atoms with Crippen LogP contribution in [0.2, 0.25) is 0 Å². The van der Waals surface area contributed by atoms with Gasteiger partial charge in [-0.15, -0.1) is 0 Å². The number of β-amino-alcohol motifs (C(OH)–C–C–N with tert-alkyl or cyclic N) is 1. The summed E-state index contributed by atoms with van der Waals surface area (Å²) in [6, 6.07) is 4.61. The van der Waals surface area contributed by atoms with Crippen LogP contribution in [0.5, 0.6) is 5.88 Å². The summed E-state index contributed by atoms with van der Waals surface area (Å²) in [6.07, 6.45) is 4.88. The van der Waals surface area contributed by atoms with Crippen LogP contribution in [0.25, 0.3) is 0 Å². The van der Waals surface area contributed by atoms with Gasteiger partial charge in [0.15, 0.2) is 0 Å². The minimum atomic E-state index is -0.507. The summed E-state index contributed by atoms with van der Waals surface area (Å²) in [7, 11) is 0. The number of piperidine rings is 1. The van der Waals surface area contributed by atoms with Crippen molar-refractivity contribution >= 4 is 0 Å². The molecule has 1 aliphatic carbocycles. The molecule has 0 radical (unpaired) electrons. The van der Waals surface area contributed by atoms with Crippen molar-refractivity contribution in [3.8, 4) is 5.88 Å². The molecule has 1 aromatic rings. The predicted molar refractivity (Wildman–Crippen MR) is 73.1 cm³/mol. The molecule has 1 saturated carbocycles. The van der Waals surface area contributed by atoms with Crippen LogP contribution in [0.4, 0.5) is 4.39 Å². The molecule has 0 bridgehead atoms. The van der Waals surface area contributed by atoms with E-state index in [0.717, 1.165) is 51.7 Å². The van der Waals surface area contributed by atoms with Crippen LogP contribution in [-0.2, 0) is 0 Å². The predicted octanol–water partition coefficient (Wildman–Crippen LogP) is 1.98. The number of pyridine rings is 1. The summed E-state index contributed by atoms with van der Waals surface area (Å²) < 4.78 is 18.7. The molecule has 0 atom stereocenters. The maximum absolute atomic E-state index is 13.0. The number of aromatic nitrogens is 1. The second kappa shape index (κ2) is 5.66. The Morgan fingerprint density at radius 3 is 2.70 bits per heavy atom. The van der Waals surface area contributed by atoms with Gasteiger partial charge >= 0.3 is 0 Å². The Labute approximate surface area is 118 Å². The maximum atomic E-state index is 13.0.